The van der Waals surface area contributed by atoms with Crippen molar-refractivity contribution in [2.45, 2.75) is 56.7 Å². The monoisotopic (exact) mass is 966 g/mol. The second-order valence-electron chi connectivity index (χ2n) is 18.2. The third kappa shape index (κ3) is 9.91. The van der Waals surface area contributed by atoms with Crippen molar-refractivity contribution >= 4 is 82.4 Å². The first-order chi connectivity index (χ1) is 32.7. The summed E-state index contributed by atoms with van der Waals surface area (Å²) in [6, 6.07) is 17.5. The summed E-state index contributed by atoms with van der Waals surface area (Å²) in [7, 11) is -0.934. The number of nitrogens with zero attached hydrogens (tertiary/aromatic N) is 7. The van der Waals surface area contributed by atoms with Gasteiger partial charge in [-0.1, -0.05) is 29.8 Å². The first kappa shape index (κ1) is 47.0. The Balaban J connectivity index is 0.738. The number of carbonyl (C=O) groups is 5. The van der Waals surface area contributed by atoms with Crippen molar-refractivity contribution in [1.29, 1.82) is 0 Å². The van der Waals surface area contributed by atoms with Gasteiger partial charge in [0.05, 0.1) is 48.4 Å². The Morgan fingerprint density at radius 1 is 0.868 bits per heavy atom. The minimum absolute atomic E-state index is 0.0382. The molecule has 18 nitrogen and oxygen atoms in total. The number of piperidine rings is 2. The first-order valence-corrected chi connectivity index (χ1v) is 26.1. The van der Waals surface area contributed by atoms with Crippen LogP contribution in [0.2, 0.25) is 5.02 Å². The van der Waals surface area contributed by atoms with Gasteiger partial charge >= 0.3 is 0 Å². The maximum absolute atomic E-state index is 13.7. The van der Waals surface area contributed by atoms with E-state index in [1.807, 2.05) is 41.3 Å². The molecule has 3 N–H and O–H groups in total. The molecule has 1 unspecified atom stereocenters. The van der Waals surface area contributed by atoms with Gasteiger partial charge in [0.15, 0.2) is 5.82 Å². The van der Waals surface area contributed by atoms with Gasteiger partial charge in [-0.05, 0) is 81.8 Å². The van der Waals surface area contributed by atoms with Crippen molar-refractivity contribution in [2.24, 2.45) is 0 Å². The van der Waals surface area contributed by atoms with Gasteiger partial charge in [0.1, 0.15) is 36.3 Å². The molecule has 5 aliphatic heterocycles. The summed E-state index contributed by atoms with van der Waals surface area (Å²) < 4.78 is 25.0. The van der Waals surface area contributed by atoms with Gasteiger partial charge in [-0.2, -0.15) is 4.98 Å². The van der Waals surface area contributed by atoms with Crippen molar-refractivity contribution in [1.82, 2.24) is 34.9 Å². The molecule has 4 saturated heterocycles. The van der Waals surface area contributed by atoms with E-state index in [0.29, 0.717) is 58.3 Å². The molecule has 0 bridgehead atoms. The lowest BCUT2D eigenvalue weighted by Crippen LogP contribution is -2.55. The number of nitrogens with one attached hydrogen (secondary N) is 3. The fraction of sp³-hybridized carbons (Fsp3) is 0.438. The van der Waals surface area contributed by atoms with Crippen molar-refractivity contribution in [3.8, 4) is 11.5 Å². The average Bonchev–Trinajstić information content (AvgIpc) is 3.91. The number of piperazine rings is 1. The van der Waals surface area contributed by atoms with Gasteiger partial charge in [0, 0.05) is 75.3 Å². The lowest BCUT2D eigenvalue weighted by molar-refractivity contribution is -0.136. The number of amides is 5. The van der Waals surface area contributed by atoms with Crippen LogP contribution < -0.4 is 35.6 Å². The van der Waals surface area contributed by atoms with Gasteiger partial charge in [-0.15, -0.1) is 0 Å². The number of hydrogen-bond donors (Lipinski definition) is 3. The van der Waals surface area contributed by atoms with Gasteiger partial charge in [-0.3, -0.25) is 44.0 Å². The SMILES string of the molecule is COc1cc(N2CCC(N3CCN(CC(=O)N4CCC[C@H]4COc4cccc5c4C(=O)N(C4CCC(=O)NC4=O)C5=O)CC3)CC2)ccc1Nc1ncc(Cl)c(Nc2ccccc2P(C)(C)=O)n1. The van der Waals surface area contributed by atoms with Crippen molar-refractivity contribution in [2.75, 3.05) is 94.9 Å². The second-order valence-corrected chi connectivity index (χ2v) is 21.8. The maximum atomic E-state index is 13.7. The number of fused-ring (bicyclic) bond motifs is 1. The number of para-hydroxylation sites is 1. The molecule has 4 aromatic rings. The Hall–Kier alpha value is -6.07. The molecule has 6 heterocycles. The molecule has 0 radical (unpaired) electrons. The number of imide groups is 2. The number of methoxy groups -OCH3 is 1. The van der Waals surface area contributed by atoms with Crippen LogP contribution in [-0.2, 0) is 18.9 Å². The summed E-state index contributed by atoms with van der Waals surface area (Å²) >= 11 is 6.49. The molecule has 1 aromatic heterocycles. The van der Waals surface area contributed by atoms with Crippen LogP contribution >= 0.6 is 18.7 Å². The van der Waals surface area contributed by atoms with Crippen molar-refractivity contribution < 1.29 is 38.0 Å². The molecule has 3 aromatic carbocycles. The van der Waals surface area contributed by atoms with Crippen LogP contribution in [0, 0.1) is 0 Å². The number of likely N-dealkylation sites (tertiary alicyclic amines) is 1. The van der Waals surface area contributed by atoms with E-state index >= 15 is 0 Å². The van der Waals surface area contributed by atoms with Crippen LogP contribution in [0.1, 0.15) is 59.2 Å². The minimum atomic E-state index is -2.57. The number of halogens is 1. The van der Waals surface area contributed by atoms with Gasteiger partial charge in [-0.25, -0.2) is 4.98 Å². The van der Waals surface area contributed by atoms with Crippen LogP contribution in [0.4, 0.5) is 28.8 Å². The van der Waals surface area contributed by atoms with Crippen LogP contribution in [0.25, 0.3) is 0 Å². The highest BCUT2D eigenvalue weighted by Gasteiger charge is 2.46. The molecular weight excluding hydrogens is 911 g/mol. The summed E-state index contributed by atoms with van der Waals surface area (Å²) in [5.41, 5.74) is 2.69. The summed E-state index contributed by atoms with van der Waals surface area (Å²) in [6.45, 7) is 9.71. The van der Waals surface area contributed by atoms with Gasteiger partial charge in [0.2, 0.25) is 23.7 Å². The topological polar surface area (TPSA) is 199 Å². The highest BCUT2D eigenvalue weighted by atomic mass is 35.5. The number of anilines is 5. The number of rotatable bonds is 14. The molecule has 4 fully saturated rings. The first-order valence-electron chi connectivity index (χ1n) is 23.1. The molecule has 20 heteroatoms. The molecule has 9 rings (SSSR count). The summed E-state index contributed by atoms with van der Waals surface area (Å²) in [6.07, 6.45) is 5.25. The van der Waals surface area contributed by atoms with E-state index < -0.39 is 36.8 Å². The molecule has 358 valence electrons. The largest absolute Gasteiger partial charge is 0.494 e. The zero-order valence-electron chi connectivity index (χ0n) is 38.4. The van der Waals surface area contributed by atoms with Crippen LogP contribution in [-0.4, -0.2) is 157 Å². The third-order valence-electron chi connectivity index (χ3n) is 13.6. The zero-order valence-corrected chi connectivity index (χ0v) is 40.1. The Kier molecular flexibility index (Phi) is 13.7. The van der Waals surface area contributed by atoms with Crippen LogP contribution in [0.3, 0.4) is 0 Å². The standard InChI is InChI=1S/C48H56ClN10O8P/c1-66-39-26-31(13-14-35(39)52-48-50-27-34(49)44(54-48)51-36-10-4-5-12-40(36)68(2,3)65)56-20-17-30(18-21-56)57-24-22-55(23-25-57)28-42(61)58-19-7-8-32(58)29-67-38-11-6-9-33-43(38)47(64)59(46(33)63)37-15-16-41(60)53-45(37)62/h4-6,9-14,26-27,30,32,37H,7-8,15-25,28-29H2,1-3H3,(H,53,60,62)(H2,50,51,52,54)/t32-,37?/m0/s1. The number of ether oxygens (including phenoxy) is 2. The molecule has 5 amide bonds. The second kappa shape index (κ2) is 19.9. The fourth-order valence-electron chi connectivity index (χ4n) is 9.98. The van der Waals surface area contributed by atoms with Crippen molar-refractivity contribution in [3.05, 3.63) is 83.0 Å². The minimum Gasteiger partial charge on any atom is -0.494 e. The highest BCUT2D eigenvalue weighted by Crippen LogP contribution is 2.40. The van der Waals surface area contributed by atoms with E-state index in [1.165, 1.54) is 12.3 Å². The van der Waals surface area contributed by atoms with E-state index in [-0.39, 0.29) is 48.3 Å². The molecule has 68 heavy (non-hydrogen) atoms. The van der Waals surface area contributed by atoms with E-state index in [9.17, 15) is 28.5 Å². The van der Waals surface area contributed by atoms with Gasteiger partial charge in [0.25, 0.3) is 11.8 Å². The third-order valence-corrected chi connectivity index (χ3v) is 15.4. The van der Waals surface area contributed by atoms with Crippen molar-refractivity contribution in [3.63, 3.8) is 0 Å². The Morgan fingerprint density at radius 3 is 2.40 bits per heavy atom. The highest BCUT2D eigenvalue weighted by molar-refractivity contribution is 7.70. The summed E-state index contributed by atoms with van der Waals surface area (Å²) in [5, 5.41) is 9.76. The maximum Gasteiger partial charge on any atom is 0.266 e. The van der Waals surface area contributed by atoms with Gasteiger partial charge < -0.3 is 34.5 Å². The molecule has 0 aliphatic carbocycles. The number of hydrogen-bond acceptors (Lipinski definition) is 15. The van der Waals surface area contributed by atoms with Crippen LogP contribution in [0.15, 0.2) is 66.9 Å². The molecule has 0 saturated carbocycles. The van der Waals surface area contributed by atoms with E-state index in [1.54, 1.807) is 32.6 Å². The smallest absolute Gasteiger partial charge is 0.266 e. The Bertz CT molecular complexity index is 2670. The van der Waals surface area contributed by atoms with E-state index in [0.717, 1.165) is 75.5 Å². The molecular formula is C48H56ClN10O8P. The predicted molar refractivity (Wildman–Crippen MR) is 259 cm³/mol. The lowest BCUT2D eigenvalue weighted by Gasteiger charge is -2.43. The number of carbonyl (C=O) groups excluding carboxylic acids is 5. The molecule has 5 aliphatic rings. The average molecular weight is 967 g/mol. The van der Waals surface area contributed by atoms with Crippen LogP contribution in [0.5, 0.6) is 11.5 Å². The summed E-state index contributed by atoms with van der Waals surface area (Å²) in [5.74, 6) is -0.670. The fourth-order valence-corrected chi connectivity index (χ4v) is 11.3. The summed E-state index contributed by atoms with van der Waals surface area (Å²) in [4.78, 5) is 83.9. The quantitative estimate of drug-likeness (QED) is 0.114. The van der Waals surface area contributed by atoms with E-state index in [4.69, 9.17) is 21.1 Å². The zero-order chi connectivity index (χ0) is 47.7. The Morgan fingerprint density at radius 2 is 1.65 bits per heavy atom. The lowest BCUT2D eigenvalue weighted by atomic mass is 10.0. The number of benzene rings is 3. The molecule has 0 spiro atoms. The number of aromatic nitrogens is 2. The van der Waals surface area contributed by atoms with E-state index in [2.05, 4.69) is 46.7 Å². The predicted octanol–water partition coefficient (Wildman–Crippen LogP) is 4.93. The normalized spacial score (nSPS) is 20.7. The molecule has 2 atom stereocenters. The Labute approximate surface area is 400 Å².